The number of benzene rings is 2. The highest BCUT2D eigenvalue weighted by Crippen LogP contribution is 2.34. The third-order valence-corrected chi connectivity index (χ3v) is 3.89. The van der Waals surface area contributed by atoms with E-state index in [9.17, 15) is 4.79 Å². The summed E-state index contributed by atoms with van der Waals surface area (Å²) in [5.74, 6) is 1.72. The summed E-state index contributed by atoms with van der Waals surface area (Å²) in [6.45, 7) is 0.324. The maximum Gasteiger partial charge on any atom is 0.319 e. The Balaban J connectivity index is 1.39. The summed E-state index contributed by atoms with van der Waals surface area (Å²) in [5, 5.41) is 17.6. The van der Waals surface area contributed by atoms with Gasteiger partial charge in [-0.25, -0.2) is 4.79 Å². The van der Waals surface area contributed by atoms with E-state index in [2.05, 4.69) is 26.2 Å². The van der Waals surface area contributed by atoms with Gasteiger partial charge in [0, 0.05) is 16.8 Å². The van der Waals surface area contributed by atoms with E-state index in [1.807, 2.05) is 0 Å². The van der Waals surface area contributed by atoms with E-state index in [1.54, 1.807) is 42.5 Å². The molecule has 2 heterocycles. The first-order chi connectivity index (χ1) is 12.7. The van der Waals surface area contributed by atoms with Gasteiger partial charge in [0.2, 0.25) is 6.79 Å². The number of carbonyl (C=O) groups is 1. The molecule has 0 spiro atoms. The van der Waals surface area contributed by atoms with Crippen LogP contribution in [0.4, 0.5) is 10.5 Å². The van der Waals surface area contributed by atoms with Gasteiger partial charge < -0.3 is 20.1 Å². The Morgan fingerprint density at radius 3 is 2.81 bits per heavy atom. The van der Waals surface area contributed by atoms with Gasteiger partial charge in [-0.1, -0.05) is 11.6 Å². The molecular formula is C16H13ClN6O3. The molecule has 0 saturated carbocycles. The standard InChI is InChI=1S/C16H13ClN6O3/c17-10-1-4-12(5-2-10)23-15(20-21-22-23)8-18-16(24)19-11-3-6-13-14(7-11)26-9-25-13/h1-7H,8-9H2,(H2,18,19,24). The van der Waals surface area contributed by atoms with Gasteiger partial charge in [0.1, 0.15) is 0 Å². The van der Waals surface area contributed by atoms with E-state index in [4.69, 9.17) is 21.1 Å². The van der Waals surface area contributed by atoms with Gasteiger partial charge >= 0.3 is 6.03 Å². The molecule has 2 N–H and O–H groups in total. The van der Waals surface area contributed by atoms with E-state index in [1.165, 1.54) is 4.68 Å². The minimum absolute atomic E-state index is 0.145. The fourth-order valence-electron chi connectivity index (χ4n) is 2.41. The van der Waals surface area contributed by atoms with Crippen molar-refractivity contribution in [3.05, 3.63) is 53.3 Å². The van der Waals surface area contributed by atoms with Crippen LogP contribution in [0.15, 0.2) is 42.5 Å². The Morgan fingerprint density at radius 2 is 1.96 bits per heavy atom. The summed E-state index contributed by atoms with van der Waals surface area (Å²) in [6.07, 6.45) is 0. The van der Waals surface area contributed by atoms with Crippen molar-refractivity contribution in [2.45, 2.75) is 6.54 Å². The molecule has 9 nitrogen and oxygen atoms in total. The number of nitrogens with zero attached hydrogens (tertiary/aromatic N) is 4. The van der Waals surface area contributed by atoms with Crippen molar-refractivity contribution in [2.75, 3.05) is 12.1 Å². The van der Waals surface area contributed by atoms with Crippen molar-refractivity contribution < 1.29 is 14.3 Å². The van der Waals surface area contributed by atoms with Gasteiger partial charge in [0.15, 0.2) is 17.3 Å². The molecule has 0 radical (unpaired) electrons. The molecule has 2 amide bonds. The summed E-state index contributed by atoms with van der Waals surface area (Å²) < 4.78 is 12.0. The van der Waals surface area contributed by atoms with Gasteiger partial charge in [0.25, 0.3) is 0 Å². The Morgan fingerprint density at radius 1 is 1.15 bits per heavy atom. The highest BCUT2D eigenvalue weighted by atomic mass is 35.5. The number of carbonyl (C=O) groups excluding carboxylic acids is 1. The SMILES string of the molecule is O=C(NCc1nnnn1-c1ccc(Cl)cc1)Nc1ccc2c(c1)OCO2. The molecule has 0 unspecified atom stereocenters. The first-order valence-corrected chi connectivity index (χ1v) is 8.04. The number of urea groups is 1. The normalized spacial score (nSPS) is 12.0. The van der Waals surface area contributed by atoms with Gasteiger partial charge in [0.05, 0.1) is 12.2 Å². The van der Waals surface area contributed by atoms with Crippen molar-refractivity contribution in [1.82, 2.24) is 25.5 Å². The molecule has 132 valence electrons. The monoisotopic (exact) mass is 372 g/mol. The smallest absolute Gasteiger partial charge is 0.319 e. The second-order valence-electron chi connectivity index (χ2n) is 5.36. The lowest BCUT2D eigenvalue weighted by Crippen LogP contribution is -2.29. The molecule has 4 rings (SSSR count). The van der Waals surface area contributed by atoms with Crippen molar-refractivity contribution in [3.8, 4) is 17.2 Å². The van der Waals surface area contributed by atoms with Gasteiger partial charge in [-0.2, -0.15) is 4.68 Å². The first-order valence-electron chi connectivity index (χ1n) is 7.67. The number of ether oxygens (including phenoxy) is 2. The third-order valence-electron chi connectivity index (χ3n) is 3.64. The Kier molecular flexibility index (Phi) is 4.28. The highest BCUT2D eigenvalue weighted by molar-refractivity contribution is 6.30. The lowest BCUT2D eigenvalue weighted by atomic mass is 10.3. The Hall–Kier alpha value is -3.33. The number of fused-ring (bicyclic) bond motifs is 1. The molecule has 0 fully saturated rings. The summed E-state index contributed by atoms with van der Waals surface area (Å²) in [6, 6.07) is 11.8. The number of rotatable bonds is 4. The van der Waals surface area contributed by atoms with Gasteiger partial charge in [-0.3, -0.25) is 0 Å². The lowest BCUT2D eigenvalue weighted by molar-refractivity contribution is 0.174. The Bertz CT molecular complexity index is 943. The van der Waals surface area contributed by atoms with Crippen LogP contribution in [0.1, 0.15) is 5.82 Å². The summed E-state index contributed by atoms with van der Waals surface area (Å²) in [7, 11) is 0. The maximum absolute atomic E-state index is 12.1. The van der Waals surface area contributed by atoms with Crippen molar-refractivity contribution in [2.24, 2.45) is 0 Å². The molecule has 1 aromatic heterocycles. The van der Waals surface area contributed by atoms with Crippen LogP contribution in [0.25, 0.3) is 5.69 Å². The van der Waals surface area contributed by atoms with Crippen LogP contribution in [0.2, 0.25) is 5.02 Å². The van der Waals surface area contributed by atoms with Crippen LogP contribution < -0.4 is 20.1 Å². The largest absolute Gasteiger partial charge is 0.454 e. The van der Waals surface area contributed by atoms with Gasteiger partial charge in [-0.05, 0) is 46.8 Å². The quantitative estimate of drug-likeness (QED) is 0.728. The second kappa shape index (κ2) is 6.89. The van der Waals surface area contributed by atoms with Crippen LogP contribution >= 0.6 is 11.6 Å². The molecule has 0 atom stereocenters. The Labute approximate surface area is 152 Å². The van der Waals surface area contributed by atoms with Crippen LogP contribution in [0.3, 0.4) is 0 Å². The number of halogens is 1. The number of aromatic nitrogens is 4. The lowest BCUT2D eigenvalue weighted by Gasteiger charge is -2.08. The molecule has 0 aliphatic carbocycles. The number of hydrogen-bond acceptors (Lipinski definition) is 6. The zero-order valence-corrected chi connectivity index (χ0v) is 14.1. The molecule has 26 heavy (non-hydrogen) atoms. The fourth-order valence-corrected chi connectivity index (χ4v) is 2.53. The fraction of sp³-hybridized carbons (Fsp3) is 0.125. The molecular weight excluding hydrogens is 360 g/mol. The highest BCUT2D eigenvalue weighted by Gasteiger charge is 2.15. The number of amides is 2. The zero-order chi connectivity index (χ0) is 17.9. The third kappa shape index (κ3) is 3.38. The second-order valence-corrected chi connectivity index (χ2v) is 5.80. The predicted molar refractivity (Wildman–Crippen MR) is 92.6 cm³/mol. The molecule has 0 saturated heterocycles. The van der Waals surface area contributed by atoms with E-state index < -0.39 is 6.03 Å². The summed E-state index contributed by atoms with van der Waals surface area (Å²) in [5.41, 5.74) is 1.33. The van der Waals surface area contributed by atoms with Gasteiger partial charge in [-0.15, -0.1) is 5.10 Å². The van der Waals surface area contributed by atoms with E-state index in [0.717, 1.165) is 5.69 Å². The van der Waals surface area contributed by atoms with Crippen molar-refractivity contribution >= 4 is 23.3 Å². The number of nitrogens with one attached hydrogen (secondary N) is 2. The summed E-state index contributed by atoms with van der Waals surface area (Å²) >= 11 is 5.88. The average Bonchev–Trinajstić information content (AvgIpc) is 3.29. The number of anilines is 1. The van der Waals surface area contributed by atoms with Crippen LogP contribution in [0, 0.1) is 0 Å². The first kappa shape index (κ1) is 16.2. The zero-order valence-electron chi connectivity index (χ0n) is 13.3. The van der Waals surface area contributed by atoms with Crippen LogP contribution in [0.5, 0.6) is 11.5 Å². The number of tetrazole rings is 1. The van der Waals surface area contributed by atoms with E-state index in [0.29, 0.717) is 28.0 Å². The van der Waals surface area contributed by atoms with Crippen LogP contribution in [-0.2, 0) is 6.54 Å². The van der Waals surface area contributed by atoms with Crippen molar-refractivity contribution in [3.63, 3.8) is 0 Å². The molecule has 10 heteroatoms. The van der Waals surface area contributed by atoms with Crippen molar-refractivity contribution in [1.29, 1.82) is 0 Å². The molecule has 1 aliphatic rings. The van der Waals surface area contributed by atoms with Crippen LogP contribution in [-0.4, -0.2) is 33.0 Å². The molecule has 0 bridgehead atoms. The summed E-state index contributed by atoms with van der Waals surface area (Å²) in [4.78, 5) is 12.1. The van der Waals surface area contributed by atoms with E-state index >= 15 is 0 Å². The molecule has 2 aromatic carbocycles. The topological polar surface area (TPSA) is 103 Å². The average molecular weight is 373 g/mol. The predicted octanol–water partition coefficient (Wildman–Crippen LogP) is 2.37. The minimum Gasteiger partial charge on any atom is -0.454 e. The minimum atomic E-state index is -0.394. The maximum atomic E-state index is 12.1. The van der Waals surface area contributed by atoms with E-state index in [-0.39, 0.29) is 13.3 Å². The molecule has 3 aromatic rings. The molecule has 1 aliphatic heterocycles. The number of hydrogen-bond donors (Lipinski definition) is 2.